The molecule has 1 aromatic heterocycles. The average molecular weight is 194 g/mol. The maximum Gasteiger partial charge on any atom is 0.313 e. The van der Waals surface area contributed by atoms with Gasteiger partial charge in [0.2, 0.25) is 0 Å². The SMILES string of the molecule is COC(=O)[C@H]1c2cn[nH]c2CC[C@H]1C. The van der Waals surface area contributed by atoms with Crippen molar-refractivity contribution in [1.29, 1.82) is 0 Å². The Kier molecular flexibility index (Phi) is 2.27. The monoisotopic (exact) mass is 194 g/mol. The Morgan fingerprint density at radius 3 is 3.21 bits per heavy atom. The summed E-state index contributed by atoms with van der Waals surface area (Å²) in [5.74, 6) is 0.0508. The Bertz CT molecular complexity index is 346. The number of carbonyl (C=O) groups is 1. The highest BCUT2D eigenvalue weighted by Crippen LogP contribution is 2.35. The zero-order valence-electron chi connectivity index (χ0n) is 8.41. The molecular weight excluding hydrogens is 180 g/mol. The number of nitrogens with one attached hydrogen (secondary N) is 1. The van der Waals surface area contributed by atoms with Crippen LogP contribution in [0.3, 0.4) is 0 Å². The fourth-order valence-electron chi connectivity index (χ4n) is 2.12. The van der Waals surface area contributed by atoms with Crippen LogP contribution in [0.4, 0.5) is 0 Å². The Morgan fingerprint density at radius 2 is 2.50 bits per heavy atom. The van der Waals surface area contributed by atoms with E-state index in [4.69, 9.17) is 4.74 Å². The Balaban J connectivity index is 2.36. The van der Waals surface area contributed by atoms with E-state index in [1.54, 1.807) is 6.20 Å². The minimum atomic E-state index is -0.153. The molecule has 0 saturated carbocycles. The van der Waals surface area contributed by atoms with E-state index >= 15 is 0 Å². The molecule has 76 valence electrons. The molecule has 0 amide bonds. The zero-order valence-corrected chi connectivity index (χ0v) is 8.41. The molecule has 2 rings (SSSR count). The molecule has 0 radical (unpaired) electrons. The number of aromatic nitrogens is 2. The standard InChI is InChI=1S/C10H14N2O2/c1-6-3-4-8-7(5-11-12-8)9(6)10(13)14-2/h5-6,9H,3-4H2,1-2H3,(H,11,12)/t6-,9-/m1/s1. The average Bonchev–Trinajstić information content (AvgIpc) is 2.64. The number of hydrogen-bond acceptors (Lipinski definition) is 3. The second kappa shape index (κ2) is 3.44. The van der Waals surface area contributed by atoms with Crippen LogP contribution >= 0.6 is 0 Å². The molecular formula is C10H14N2O2. The van der Waals surface area contributed by atoms with Crippen molar-refractivity contribution in [2.24, 2.45) is 5.92 Å². The number of fused-ring (bicyclic) bond motifs is 1. The van der Waals surface area contributed by atoms with E-state index < -0.39 is 0 Å². The molecule has 0 fully saturated rings. The van der Waals surface area contributed by atoms with Gasteiger partial charge in [0.15, 0.2) is 0 Å². The van der Waals surface area contributed by atoms with Gasteiger partial charge in [0.25, 0.3) is 0 Å². The van der Waals surface area contributed by atoms with Gasteiger partial charge < -0.3 is 4.74 Å². The van der Waals surface area contributed by atoms with Gasteiger partial charge in [-0.1, -0.05) is 6.92 Å². The molecule has 1 N–H and O–H groups in total. The normalized spacial score (nSPS) is 25.6. The molecule has 1 aromatic rings. The Hall–Kier alpha value is -1.32. The highest BCUT2D eigenvalue weighted by atomic mass is 16.5. The van der Waals surface area contributed by atoms with Crippen LogP contribution in [-0.4, -0.2) is 23.3 Å². The van der Waals surface area contributed by atoms with Gasteiger partial charge in [-0.05, 0) is 18.8 Å². The number of ether oxygens (including phenoxy) is 1. The summed E-state index contributed by atoms with van der Waals surface area (Å²) in [5.41, 5.74) is 2.09. The molecule has 0 unspecified atom stereocenters. The zero-order chi connectivity index (χ0) is 10.1. The molecule has 14 heavy (non-hydrogen) atoms. The van der Waals surface area contributed by atoms with Crippen LogP contribution in [0, 0.1) is 5.92 Å². The molecule has 0 saturated heterocycles. The molecule has 0 bridgehead atoms. The Morgan fingerprint density at radius 1 is 1.71 bits per heavy atom. The number of aromatic amines is 1. The van der Waals surface area contributed by atoms with Crippen LogP contribution in [-0.2, 0) is 16.0 Å². The topological polar surface area (TPSA) is 55.0 Å². The van der Waals surface area contributed by atoms with Crippen molar-refractivity contribution in [3.63, 3.8) is 0 Å². The van der Waals surface area contributed by atoms with Gasteiger partial charge in [-0.15, -0.1) is 0 Å². The molecule has 2 atom stereocenters. The third-order valence-electron chi connectivity index (χ3n) is 2.96. The van der Waals surface area contributed by atoms with E-state index in [-0.39, 0.29) is 11.9 Å². The second-order valence-corrected chi connectivity index (χ2v) is 3.82. The van der Waals surface area contributed by atoms with Crippen molar-refractivity contribution in [2.75, 3.05) is 7.11 Å². The fraction of sp³-hybridized carbons (Fsp3) is 0.600. The summed E-state index contributed by atoms with van der Waals surface area (Å²) in [5, 5.41) is 6.90. The summed E-state index contributed by atoms with van der Waals surface area (Å²) in [6.07, 6.45) is 3.73. The lowest BCUT2D eigenvalue weighted by atomic mass is 9.79. The molecule has 0 spiro atoms. The first-order chi connectivity index (χ1) is 6.74. The van der Waals surface area contributed by atoms with Gasteiger partial charge in [0.1, 0.15) is 0 Å². The van der Waals surface area contributed by atoms with Crippen LogP contribution < -0.4 is 0 Å². The lowest BCUT2D eigenvalue weighted by Gasteiger charge is -2.26. The summed E-state index contributed by atoms with van der Waals surface area (Å²) >= 11 is 0. The third kappa shape index (κ3) is 1.31. The maximum atomic E-state index is 11.6. The first-order valence-corrected chi connectivity index (χ1v) is 4.84. The van der Waals surface area contributed by atoms with E-state index in [9.17, 15) is 4.79 Å². The van der Waals surface area contributed by atoms with Gasteiger partial charge in [-0.2, -0.15) is 5.10 Å². The minimum absolute atomic E-state index is 0.137. The Labute approximate surface area is 82.7 Å². The molecule has 1 aliphatic carbocycles. The summed E-state index contributed by atoms with van der Waals surface area (Å²) in [4.78, 5) is 11.6. The van der Waals surface area contributed by atoms with Gasteiger partial charge in [0.05, 0.1) is 19.2 Å². The van der Waals surface area contributed by atoms with Crippen LogP contribution in [0.2, 0.25) is 0 Å². The van der Waals surface area contributed by atoms with Crippen molar-refractivity contribution in [1.82, 2.24) is 10.2 Å². The number of nitrogens with zero attached hydrogens (tertiary/aromatic N) is 1. The number of H-pyrrole nitrogens is 1. The number of esters is 1. The largest absolute Gasteiger partial charge is 0.469 e. The number of methoxy groups -OCH3 is 1. The van der Waals surface area contributed by atoms with Crippen molar-refractivity contribution >= 4 is 5.97 Å². The molecule has 1 heterocycles. The highest BCUT2D eigenvalue weighted by molar-refractivity contribution is 5.79. The number of rotatable bonds is 1. The second-order valence-electron chi connectivity index (χ2n) is 3.82. The predicted molar refractivity (Wildman–Crippen MR) is 50.8 cm³/mol. The minimum Gasteiger partial charge on any atom is -0.469 e. The quantitative estimate of drug-likeness (QED) is 0.684. The van der Waals surface area contributed by atoms with Crippen LogP contribution in [0.25, 0.3) is 0 Å². The molecule has 0 aliphatic heterocycles. The summed E-state index contributed by atoms with van der Waals surface area (Å²) in [6.45, 7) is 2.08. The molecule has 4 nitrogen and oxygen atoms in total. The number of hydrogen-bond donors (Lipinski definition) is 1. The van der Waals surface area contributed by atoms with Gasteiger partial charge in [-0.3, -0.25) is 9.89 Å². The summed E-state index contributed by atoms with van der Waals surface area (Å²) in [7, 11) is 1.43. The molecule has 4 heteroatoms. The van der Waals surface area contributed by atoms with Gasteiger partial charge in [0, 0.05) is 11.3 Å². The molecule has 1 aliphatic rings. The van der Waals surface area contributed by atoms with Gasteiger partial charge >= 0.3 is 5.97 Å². The van der Waals surface area contributed by atoms with E-state index in [1.807, 2.05) is 0 Å². The fourth-order valence-corrected chi connectivity index (χ4v) is 2.12. The number of carbonyl (C=O) groups excluding carboxylic acids is 1. The van der Waals surface area contributed by atoms with Crippen LogP contribution in [0.5, 0.6) is 0 Å². The van der Waals surface area contributed by atoms with Crippen LogP contribution in [0.15, 0.2) is 6.20 Å². The summed E-state index contributed by atoms with van der Waals surface area (Å²) in [6, 6.07) is 0. The number of aryl methyl sites for hydroxylation is 1. The van der Waals surface area contributed by atoms with Crippen molar-refractivity contribution in [3.05, 3.63) is 17.5 Å². The van der Waals surface area contributed by atoms with Crippen molar-refractivity contribution in [2.45, 2.75) is 25.7 Å². The van der Waals surface area contributed by atoms with E-state index in [0.717, 1.165) is 24.1 Å². The van der Waals surface area contributed by atoms with E-state index in [2.05, 4.69) is 17.1 Å². The first-order valence-electron chi connectivity index (χ1n) is 4.84. The van der Waals surface area contributed by atoms with Gasteiger partial charge in [-0.25, -0.2) is 0 Å². The smallest absolute Gasteiger partial charge is 0.313 e. The van der Waals surface area contributed by atoms with Crippen molar-refractivity contribution in [3.8, 4) is 0 Å². The predicted octanol–water partition coefficient (Wildman–Crippen LogP) is 1.25. The molecule has 0 aromatic carbocycles. The van der Waals surface area contributed by atoms with Crippen LogP contribution in [0.1, 0.15) is 30.5 Å². The van der Waals surface area contributed by atoms with Crippen molar-refractivity contribution < 1.29 is 9.53 Å². The lowest BCUT2D eigenvalue weighted by Crippen LogP contribution is -2.25. The third-order valence-corrected chi connectivity index (χ3v) is 2.96. The van der Waals surface area contributed by atoms with E-state index in [1.165, 1.54) is 7.11 Å². The maximum absolute atomic E-state index is 11.6. The highest BCUT2D eigenvalue weighted by Gasteiger charge is 2.34. The lowest BCUT2D eigenvalue weighted by molar-refractivity contribution is -0.144. The van der Waals surface area contributed by atoms with E-state index in [0.29, 0.717) is 5.92 Å². The summed E-state index contributed by atoms with van der Waals surface area (Å²) < 4.78 is 4.81. The first kappa shape index (κ1) is 9.24.